The van der Waals surface area contributed by atoms with Gasteiger partial charge in [0.15, 0.2) is 0 Å². The van der Waals surface area contributed by atoms with E-state index in [0.717, 1.165) is 12.8 Å². The van der Waals surface area contributed by atoms with Crippen LogP contribution in [-0.4, -0.2) is 40.3 Å². The zero-order valence-electron chi connectivity index (χ0n) is 16.9. The number of nitrogens with zero attached hydrogens (tertiary/aromatic N) is 3. The molecule has 3 aromatic rings. The summed E-state index contributed by atoms with van der Waals surface area (Å²) in [4.78, 5) is 17.0. The largest absolute Gasteiger partial charge is 0.381 e. The number of carbonyl (C=O) groups excluding carboxylic acids is 1. The molecule has 0 aliphatic carbocycles. The zero-order chi connectivity index (χ0) is 21.8. The Hall–Kier alpha value is -3.77. The van der Waals surface area contributed by atoms with Gasteiger partial charge in [0.05, 0.1) is 17.3 Å². The fourth-order valence-electron chi connectivity index (χ4n) is 3.52. The first-order chi connectivity index (χ1) is 15.0. The molecule has 158 valence electrons. The Morgan fingerprint density at radius 2 is 2.13 bits per heavy atom. The molecular weight excluding hydrogens is 399 g/mol. The number of amides is 1. The zero-order valence-corrected chi connectivity index (χ0v) is 16.9. The number of aromatic amines is 1. The van der Waals surface area contributed by atoms with Crippen molar-refractivity contribution in [3.05, 3.63) is 59.2 Å². The Morgan fingerprint density at radius 1 is 1.32 bits per heavy atom. The molecule has 1 fully saturated rings. The van der Waals surface area contributed by atoms with E-state index < -0.39 is 11.7 Å². The molecule has 0 spiro atoms. The second-order valence-electron chi connectivity index (χ2n) is 7.33. The second kappa shape index (κ2) is 8.93. The minimum absolute atomic E-state index is 0.113. The molecule has 4 rings (SSSR count). The highest BCUT2D eigenvalue weighted by Gasteiger charge is 2.19. The summed E-state index contributed by atoms with van der Waals surface area (Å²) >= 11 is 0. The summed E-state index contributed by atoms with van der Waals surface area (Å²) in [5.41, 5.74) is 2.15. The normalized spacial score (nSPS) is 14.1. The van der Waals surface area contributed by atoms with E-state index in [2.05, 4.69) is 31.9 Å². The van der Waals surface area contributed by atoms with Crippen LogP contribution in [-0.2, 0) is 4.74 Å². The van der Waals surface area contributed by atoms with Crippen molar-refractivity contribution in [1.82, 2.24) is 15.2 Å². The molecule has 0 saturated carbocycles. The monoisotopic (exact) mass is 420 g/mol. The molecule has 2 aromatic heterocycles. The minimum Gasteiger partial charge on any atom is -0.381 e. The lowest BCUT2D eigenvalue weighted by molar-refractivity contribution is 0.0903. The van der Waals surface area contributed by atoms with E-state index in [0.29, 0.717) is 47.1 Å². The van der Waals surface area contributed by atoms with Crippen LogP contribution in [0, 0.1) is 24.1 Å². The van der Waals surface area contributed by atoms with Gasteiger partial charge in [-0.3, -0.25) is 9.89 Å². The second-order valence-corrected chi connectivity index (χ2v) is 7.33. The van der Waals surface area contributed by atoms with Crippen molar-refractivity contribution in [2.24, 2.45) is 0 Å². The van der Waals surface area contributed by atoms with Crippen molar-refractivity contribution in [2.45, 2.75) is 25.8 Å². The number of hydrogen-bond acceptors (Lipinski definition) is 6. The summed E-state index contributed by atoms with van der Waals surface area (Å²) in [6.45, 7) is 3.10. The summed E-state index contributed by atoms with van der Waals surface area (Å²) < 4.78 is 19.9. The molecule has 0 unspecified atom stereocenters. The number of nitrogens with one attached hydrogen (secondary N) is 3. The fraction of sp³-hybridized carbons (Fsp3) is 0.273. The molecule has 9 heteroatoms. The van der Waals surface area contributed by atoms with Crippen molar-refractivity contribution in [2.75, 3.05) is 23.8 Å². The third-order valence-corrected chi connectivity index (χ3v) is 5.19. The van der Waals surface area contributed by atoms with Gasteiger partial charge in [0.25, 0.3) is 5.91 Å². The van der Waals surface area contributed by atoms with Gasteiger partial charge >= 0.3 is 0 Å². The lowest BCUT2D eigenvalue weighted by atomic mass is 9.97. The number of pyridine rings is 1. The minimum atomic E-state index is -0.635. The summed E-state index contributed by atoms with van der Waals surface area (Å²) in [6, 6.07) is 8.41. The molecule has 1 amide bonds. The van der Waals surface area contributed by atoms with Crippen molar-refractivity contribution in [3.63, 3.8) is 0 Å². The average molecular weight is 420 g/mol. The maximum Gasteiger partial charge on any atom is 0.259 e. The molecule has 1 saturated heterocycles. The molecule has 0 bridgehead atoms. The van der Waals surface area contributed by atoms with Gasteiger partial charge in [0, 0.05) is 37.1 Å². The number of halogens is 1. The lowest BCUT2D eigenvalue weighted by Crippen LogP contribution is -2.28. The Labute approximate surface area is 178 Å². The van der Waals surface area contributed by atoms with Gasteiger partial charge < -0.3 is 15.4 Å². The number of aromatic nitrogens is 3. The number of ether oxygens (including phenoxy) is 1. The van der Waals surface area contributed by atoms with Crippen LogP contribution in [0.4, 0.5) is 16.0 Å². The molecule has 3 N–H and O–H groups in total. The average Bonchev–Trinajstić information content (AvgIpc) is 3.28. The van der Waals surface area contributed by atoms with Gasteiger partial charge in [-0.05, 0) is 49.1 Å². The third kappa shape index (κ3) is 4.54. The summed E-state index contributed by atoms with van der Waals surface area (Å²) in [5, 5.41) is 21.9. The molecule has 31 heavy (non-hydrogen) atoms. The molecule has 0 atom stereocenters. The third-order valence-electron chi connectivity index (χ3n) is 5.19. The molecule has 8 nitrogen and oxygen atoms in total. The molecule has 0 radical (unpaired) electrons. The summed E-state index contributed by atoms with van der Waals surface area (Å²) in [7, 11) is 0. The Morgan fingerprint density at radius 3 is 2.84 bits per heavy atom. The summed E-state index contributed by atoms with van der Waals surface area (Å²) in [5.74, 6) is -0.363. The topological polar surface area (TPSA) is 116 Å². The van der Waals surface area contributed by atoms with Crippen LogP contribution in [0.25, 0.3) is 11.1 Å². The molecule has 1 aliphatic rings. The van der Waals surface area contributed by atoms with Crippen LogP contribution in [0.15, 0.2) is 36.7 Å². The number of carbonyl (C=O) groups is 1. The molecule has 3 heterocycles. The van der Waals surface area contributed by atoms with E-state index in [1.54, 1.807) is 25.3 Å². The summed E-state index contributed by atoms with van der Waals surface area (Å²) in [6.07, 6.45) is 4.80. The molecule has 1 aromatic carbocycles. The number of H-pyrrole nitrogens is 1. The lowest BCUT2D eigenvalue weighted by Gasteiger charge is -2.24. The smallest absolute Gasteiger partial charge is 0.259 e. The highest BCUT2D eigenvalue weighted by atomic mass is 19.1. The first-order valence-corrected chi connectivity index (χ1v) is 9.91. The van der Waals surface area contributed by atoms with E-state index in [1.165, 1.54) is 18.3 Å². The van der Waals surface area contributed by atoms with Crippen LogP contribution in [0.1, 0.15) is 34.3 Å². The van der Waals surface area contributed by atoms with Gasteiger partial charge in [-0.1, -0.05) is 0 Å². The Balaban J connectivity index is 1.63. The predicted octanol–water partition coefficient (Wildman–Crippen LogP) is 3.63. The van der Waals surface area contributed by atoms with Crippen LogP contribution in [0.5, 0.6) is 0 Å². The Bertz CT molecular complexity index is 1130. The van der Waals surface area contributed by atoms with E-state index in [-0.39, 0.29) is 11.6 Å². The number of rotatable bonds is 5. The first-order valence-electron chi connectivity index (χ1n) is 9.91. The van der Waals surface area contributed by atoms with Crippen molar-refractivity contribution in [3.8, 4) is 17.2 Å². The standard InChI is InChI=1S/C22H21FN6O2/c1-13-8-19(23)18(22(30)28-20-2-5-26-29-20)10-17(13)15-9-14(11-24)21(25-12-15)27-16-3-6-31-7-4-16/h2,5,8-10,12,16H,3-4,6-7H2,1H3,(H,25,27)(H2,26,28,29,30). The first kappa shape index (κ1) is 20.5. The number of benzene rings is 1. The predicted molar refractivity (Wildman–Crippen MR) is 113 cm³/mol. The maximum absolute atomic E-state index is 14.5. The number of nitriles is 1. The van der Waals surface area contributed by atoms with Gasteiger partial charge in [-0.15, -0.1) is 0 Å². The SMILES string of the molecule is Cc1cc(F)c(C(=O)Nc2ccn[nH]2)cc1-c1cnc(NC2CCOCC2)c(C#N)c1. The highest BCUT2D eigenvalue weighted by molar-refractivity contribution is 6.04. The quantitative estimate of drug-likeness (QED) is 0.580. The Kier molecular flexibility index (Phi) is 5.91. The van der Waals surface area contributed by atoms with Crippen LogP contribution >= 0.6 is 0 Å². The van der Waals surface area contributed by atoms with Gasteiger partial charge in [-0.2, -0.15) is 10.4 Å². The van der Waals surface area contributed by atoms with E-state index >= 15 is 0 Å². The molecule has 1 aliphatic heterocycles. The van der Waals surface area contributed by atoms with Crippen LogP contribution in [0.3, 0.4) is 0 Å². The van der Waals surface area contributed by atoms with Crippen molar-refractivity contribution < 1.29 is 13.9 Å². The van der Waals surface area contributed by atoms with Gasteiger partial charge in [0.1, 0.15) is 23.5 Å². The van der Waals surface area contributed by atoms with Crippen LogP contribution < -0.4 is 10.6 Å². The van der Waals surface area contributed by atoms with E-state index in [1.807, 2.05) is 0 Å². The van der Waals surface area contributed by atoms with Crippen molar-refractivity contribution >= 4 is 17.5 Å². The number of aryl methyl sites for hydroxylation is 1. The number of anilines is 2. The van der Waals surface area contributed by atoms with Gasteiger partial charge in [-0.25, -0.2) is 9.37 Å². The van der Waals surface area contributed by atoms with Crippen LogP contribution in [0.2, 0.25) is 0 Å². The van der Waals surface area contributed by atoms with Gasteiger partial charge in [0.2, 0.25) is 0 Å². The maximum atomic E-state index is 14.5. The molecular formula is C22H21FN6O2. The fourth-order valence-corrected chi connectivity index (χ4v) is 3.52. The van der Waals surface area contributed by atoms with E-state index in [9.17, 15) is 14.4 Å². The van der Waals surface area contributed by atoms with Crippen molar-refractivity contribution in [1.29, 1.82) is 5.26 Å². The van der Waals surface area contributed by atoms with E-state index in [4.69, 9.17) is 4.74 Å². The highest BCUT2D eigenvalue weighted by Crippen LogP contribution is 2.29. The number of hydrogen-bond donors (Lipinski definition) is 3.